The van der Waals surface area contributed by atoms with Crippen molar-refractivity contribution in [3.63, 3.8) is 0 Å². The van der Waals surface area contributed by atoms with Gasteiger partial charge in [0.2, 0.25) is 10.0 Å². The smallest absolute Gasteiger partial charge is 0.317 e. The molecule has 10 heteroatoms. The number of amides is 2. The topological polar surface area (TPSA) is 139 Å². The van der Waals surface area contributed by atoms with E-state index in [1.807, 2.05) is 0 Å². The van der Waals surface area contributed by atoms with Gasteiger partial charge in [0.1, 0.15) is 0 Å². The molecule has 1 heterocycles. The van der Waals surface area contributed by atoms with Gasteiger partial charge in [-0.2, -0.15) is 0 Å². The number of carbonyl (C=O) groups excluding carboxylic acids is 1. The Balaban J connectivity index is 2.30. The molecule has 0 saturated carbocycles. The van der Waals surface area contributed by atoms with E-state index in [0.717, 1.165) is 0 Å². The molecule has 20 heavy (non-hydrogen) atoms. The minimum Gasteiger partial charge on any atom is -0.481 e. The van der Waals surface area contributed by atoms with Crippen LogP contribution in [0.1, 0.15) is 12.8 Å². The maximum atomic E-state index is 11.8. The molecular weight excluding hydrogens is 290 g/mol. The van der Waals surface area contributed by atoms with E-state index in [1.54, 1.807) is 0 Å². The van der Waals surface area contributed by atoms with Gasteiger partial charge in [-0.3, -0.25) is 4.79 Å². The Bertz CT molecular complexity index is 452. The highest BCUT2D eigenvalue weighted by Crippen LogP contribution is 2.08. The number of sulfonamides is 1. The molecule has 1 unspecified atom stereocenters. The second-order valence-corrected chi connectivity index (χ2v) is 6.22. The minimum absolute atomic E-state index is 0.158. The molecule has 0 aromatic carbocycles. The number of carboxylic acid groups (broad SMARTS) is 1. The van der Waals surface area contributed by atoms with E-state index in [2.05, 4.69) is 5.32 Å². The number of morpholine rings is 1. The molecule has 116 valence electrons. The third-order valence-electron chi connectivity index (χ3n) is 2.71. The molecule has 4 N–H and O–H groups in total. The van der Waals surface area contributed by atoms with Crippen molar-refractivity contribution in [1.29, 1.82) is 0 Å². The fourth-order valence-electron chi connectivity index (χ4n) is 1.80. The summed E-state index contributed by atoms with van der Waals surface area (Å²) in [5, 5.41) is 16.1. The molecule has 1 aliphatic rings. The van der Waals surface area contributed by atoms with Crippen LogP contribution in [0.25, 0.3) is 0 Å². The monoisotopic (exact) mass is 309 g/mol. The molecule has 1 saturated heterocycles. The van der Waals surface area contributed by atoms with Gasteiger partial charge >= 0.3 is 12.0 Å². The first-order valence-corrected chi connectivity index (χ1v) is 7.86. The lowest BCUT2D eigenvalue weighted by Gasteiger charge is -2.32. The van der Waals surface area contributed by atoms with Gasteiger partial charge in [-0.25, -0.2) is 18.4 Å². The quantitative estimate of drug-likeness (QED) is 0.513. The van der Waals surface area contributed by atoms with E-state index in [1.165, 1.54) is 4.90 Å². The van der Waals surface area contributed by atoms with Crippen molar-refractivity contribution in [2.75, 3.05) is 32.0 Å². The summed E-state index contributed by atoms with van der Waals surface area (Å²) in [4.78, 5) is 23.8. The van der Waals surface area contributed by atoms with Gasteiger partial charge in [-0.05, 0) is 6.42 Å². The number of nitrogens with two attached hydrogens (primary N) is 1. The number of nitrogens with zero attached hydrogens (tertiary/aromatic N) is 1. The molecule has 0 spiro atoms. The number of urea groups is 1. The molecule has 0 radical (unpaired) electrons. The number of carbonyl (C=O) groups is 2. The van der Waals surface area contributed by atoms with Gasteiger partial charge < -0.3 is 20.1 Å². The number of nitrogens with one attached hydrogen (secondary N) is 1. The Morgan fingerprint density at radius 3 is 2.75 bits per heavy atom. The van der Waals surface area contributed by atoms with E-state index in [9.17, 15) is 18.0 Å². The molecule has 0 aliphatic carbocycles. The number of primary sulfonamides is 1. The van der Waals surface area contributed by atoms with E-state index in [-0.39, 0.29) is 44.3 Å². The lowest BCUT2D eigenvalue weighted by molar-refractivity contribution is -0.141. The average Bonchev–Trinajstić information content (AvgIpc) is 2.32. The van der Waals surface area contributed by atoms with Crippen LogP contribution >= 0.6 is 0 Å². The van der Waals surface area contributed by atoms with Crippen molar-refractivity contribution >= 4 is 22.0 Å². The third kappa shape index (κ3) is 6.68. The predicted octanol–water partition coefficient (Wildman–Crippen LogP) is -1.45. The Kier molecular flexibility index (Phi) is 6.17. The van der Waals surface area contributed by atoms with Crippen LogP contribution in [0.5, 0.6) is 0 Å². The Hall–Kier alpha value is -1.39. The lowest BCUT2D eigenvalue weighted by atomic mass is 10.2. The van der Waals surface area contributed by atoms with Crippen LogP contribution in [0.15, 0.2) is 0 Å². The lowest BCUT2D eigenvalue weighted by Crippen LogP contribution is -2.50. The van der Waals surface area contributed by atoms with Gasteiger partial charge in [0.15, 0.2) is 0 Å². The maximum absolute atomic E-state index is 11.8. The van der Waals surface area contributed by atoms with Crippen molar-refractivity contribution in [2.24, 2.45) is 5.14 Å². The molecular formula is C10H19N3O6S. The minimum atomic E-state index is -3.52. The van der Waals surface area contributed by atoms with Crippen molar-refractivity contribution in [2.45, 2.75) is 18.9 Å². The van der Waals surface area contributed by atoms with E-state index in [0.29, 0.717) is 6.54 Å². The number of carboxylic acids is 1. The highest BCUT2D eigenvalue weighted by Gasteiger charge is 2.25. The molecule has 0 aromatic heterocycles. The second-order valence-electron chi connectivity index (χ2n) is 4.49. The van der Waals surface area contributed by atoms with E-state index in [4.69, 9.17) is 15.0 Å². The van der Waals surface area contributed by atoms with Gasteiger partial charge in [0.25, 0.3) is 0 Å². The SMILES string of the molecule is NS(=O)(=O)CCCNC(=O)N1CCOC(CC(=O)O)C1. The third-order valence-corrected chi connectivity index (χ3v) is 3.57. The van der Waals surface area contributed by atoms with Crippen molar-refractivity contribution in [3.05, 3.63) is 0 Å². The Morgan fingerprint density at radius 2 is 2.15 bits per heavy atom. The highest BCUT2D eigenvalue weighted by atomic mass is 32.2. The van der Waals surface area contributed by atoms with Crippen LogP contribution in [0.3, 0.4) is 0 Å². The fourth-order valence-corrected chi connectivity index (χ4v) is 2.35. The number of hydrogen-bond donors (Lipinski definition) is 3. The first kappa shape index (κ1) is 16.7. The van der Waals surface area contributed by atoms with Crippen LogP contribution in [0.4, 0.5) is 4.79 Å². The zero-order valence-electron chi connectivity index (χ0n) is 10.9. The predicted molar refractivity (Wildman–Crippen MR) is 69.6 cm³/mol. The fraction of sp³-hybridized carbons (Fsp3) is 0.800. The van der Waals surface area contributed by atoms with E-state index >= 15 is 0 Å². The molecule has 9 nitrogen and oxygen atoms in total. The summed E-state index contributed by atoms with van der Waals surface area (Å²) < 4.78 is 26.7. The van der Waals surface area contributed by atoms with Crippen molar-refractivity contribution < 1.29 is 27.9 Å². The second kappa shape index (κ2) is 7.41. The summed E-state index contributed by atoms with van der Waals surface area (Å²) >= 11 is 0. The molecule has 0 bridgehead atoms. The largest absolute Gasteiger partial charge is 0.481 e. The molecule has 0 aromatic rings. The molecule has 1 fully saturated rings. The number of rotatable bonds is 6. The summed E-state index contributed by atoms with van der Waals surface area (Å²) in [5.41, 5.74) is 0. The highest BCUT2D eigenvalue weighted by molar-refractivity contribution is 7.89. The van der Waals surface area contributed by atoms with Crippen LogP contribution < -0.4 is 10.5 Å². The normalized spacial score (nSPS) is 19.6. The zero-order valence-corrected chi connectivity index (χ0v) is 11.8. The molecule has 1 atom stereocenters. The standard InChI is InChI=1S/C10H19N3O6S/c11-20(17,18)5-1-2-12-10(16)13-3-4-19-8(7-13)6-9(14)15/h8H,1-7H2,(H,12,16)(H,14,15)(H2,11,17,18). The summed E-state index contributed by atoms with van der Waals surface area (Å²) in [6, 6.07) is -0.363. The van der Waals surface area contributed by atoms with Crippen molar-refractivity contribution in [1.82, 2.24) is 10.2 Å². The summed E-state index contributed by atoms with van der Waals surface area (Å²) in [6.07, 6.45) is -0.445. The van der Waals surface area contributed by atoms with Crippen molar-refractivity contribution in [3.8, 4) is 0 Å². The van der Waals surface area contributed by atoms with Gasteiger partial charge in [0, 0.05) is 19.6 Å². The van der Waals surface area contributed by atoms with Crippen LogP contribution in [-0.4, -0.2) is 68.5 Å². The number of aliphatic carboxylic acids is 1. The van der Waals surface area contributed by atoms with Gasteiger partial charge in [0.05, 0.1) is 24.9 Å². The number of ether oxygens (including phenoxy) is 1. The van der Waals surface area contributed by atoms with Gasteiger partial charge in [-0.15, -0.1) is 0 Å². The Morgan fingerprint density at radius 1 is 1.45 bits per heavy atom. The average molecular weight is 309 g/mol. The summed E-state index contributed by atoms with van der Waals surface area (Å²) in [7, 11) is -3.52. The molecule has 2 amide bonds. The van der Waals surface area contributed by atoms with E-state index < -0.39 is 22.1 Å². The summed E-state index contributed by atoms with van der Waals surface area (Å²) in [5.74, 6) is -1.18. The molecule has 1 rings (SSSR count). The van der Waals surface area contributed by atoms with Gasteiger partial charge in [-0.1, -0.05) is 0 Å². The van der Waals surface area contributed by atoms with Crippen LogP contribution in [0, 0.1) is 0 Å². The Labute approximate surface area is 117 Å². The van der Waals surface area contributed by atoms with Crippen LogP contribution in [0.2, 0.25) is 0 Å². The first-order chi connectivity index (χ1) is 9.28. The number of hydrogen-bond acceptors (Lipinski definition) is 5. The first-order valence-electron chi connectivity index (χ1n) is 6.14. The maximum Gasteiger partial charge on any atom is 0.317 e. The molecule has 1 aliphatic heterocycles. The zero-order chi connectivity index (χ0) is 15.2. The summed E-state index contributed by atoms with van der Waals surface area (Å²) in [6.45, 7) is 1.04. The van der Waals surface area contributed by atoms with Crippen LogP contribution in [-0.2, 0) is 19.6 Å².